The van der Waals surface area contributed by atoms with E-state index < -0.39 is 0 Å². The minimum atomic E-state index is 0.0399. The molecule has 0 saturated heterocycles. The van der Waals surface area contributed by atoms with Gasteiger partial charge in [-0.05, 0) is 69.0 Å². The highest BCUT2D eigenvalue weighted by molar-refractivity contribution is 5.95. The number of amides is 1. The third-order valence-corrected chi connectivity index (χ3v) is 4.86. The van der Waals surface area contributed by atoms with Crippen molar-refractivity contribution in [1.82, 2.24) is 0 Å². The summed E-state index contributed by atoms with van der Waals surface area (Å²) < 4.78 is 5.69. The van der Waals surface area contributed by atoms with Crippen molar-refractivity contribution < 1.29 is 14.3 Å². The van der Waals surface area contributed by atoms with Gasteiger partial charge >= 0.3 is 0 Å². The number of aryl methyl sites for hydroxylation is 1. The molecule has 0 bridgehead atoms. The Morgan fingerprint density at radius 3 is 2.58 bits per heavy atom. The zero-order valence-corrected chi connectivity index (χ0v) is 15.4. The van der Waals surface area contributed by atoms with Crippen LogP contribution in [0.5, 0.6) is 5.75 Å². The van der Waals surface area contributed by atoms with E-state index in [1.807, 2.05) is 23.1 Å². The first-order valence-electron chi connectivity index (χ1n) is 9.20. The molecule has 1 aliphatic heterocycles. The fourth-order valence-corrected chi connectivity index (χ4v) is 3.39. The van der Waals surface area contributed by atoms with Gasteiger partial charge in [0.1, 0.15) is 5.75 Å². The molecule has 4 heteroatoms. The normalized spacial score (nSPS) is 16.1. The second kappa shape index (κ2) is 8.17. The predicted octanol–water partition coefficient (Wildman–Crippen LogP) is 4.42. The number of ketones is 1. The van der Waals surface area contributed by atoms with Gasteiger partial charge in [0.2, 0.25) is 5.91 Å². The van der Waals surface area contributed by atoms with Crippen LogP contribution in [0.15, 0.2) is 48.5 Å². The third-order valence-electron chi connectivity index (χ3n) is 4.86. The van der Waals surface area contributed by atoms with Crippen LogP contribution in [-0.4, -0.2) is 24.3 Å². The molecule has 0 fully saturated rings. The van der Waals surface area contributed by atoms with Crippen LogP contribution < -0.4 is 9.64 Å². The van der Waals surface area contributed by atoms with E-state index >= 15 is 0 Å². The lowest BCUT2D eigenvalue weighted by Gasteiger charge is -2.35. The number of anilines is 1. The lowest BCUT2D eigenvalue weighted by atomic mass is 9.96. The van der Waals surface area contributed by atoms with E-state index in [0.29, 0.717) is 25.0 Å². The summed E-state index contributed by atoms with van der Waals surface area (Å²) in [4.78, 5) is 26.0. The predicted molar refractivity (Wildman–Crippen MR) is 103 cm³/mol. The SMILES string of the molecule is CC(=O)c1ccc(OCCCC(=O)N2c3ccccc3CCC2C)cc1. The number of fused-ring (bicyclic) bond motifs is 1. The molecule has 2 aromatic rings. The first kappa shape index (κ1) is 18.2. The van der Waals surface area contributed by atoms with Gasteiger partial charge in [-0.3, -0.25) is 9.59 Å². The van der Waals surface area contributed by atoms with Gasteiger partial charge < -0.3 is 9.64 Å². The number of benzene rings is 2. The molecule has 26 heavy (non-hydrogen) atoms. The van der Waals surface area contributed by atoms with Gasteiger partial charge in [0, 0.05) is 23.7 Å². The van der Waals surface area contributed by atoms with Crippen molar-refractivity contribution >= 4 is 17.4 Å². The van der Waals surface area contributed by atoms with Crippen LogP contribution in [0.1, 0.15) is 49.0 Å². The average molecular weight is 351 g/mol. The summed E-state index contributed by atoms with van der Waals surface area (Å²) >= 11 is 0. The maximum absolute atomic E-state index is 12.7. The Morgan fingerprint density at radius 1 is 1.12 bits per heavy atom. The van der Waals surface area contributed by atoms with E-state index in [2.05, 4.69) is 13.0 Å². The summed E-state index contributed by atoms with van der Waals surface area (Å²) in [6.45, 7) is 4.14. The molecule has 136 valence electrons. The number of ether oxygens (including phenoxy) is 1. The second-order valence-electron chi connectivity index (χ2n) is 6.81. The van der Waals surface area contributed by atoms with Crippen molar-refractivity contribution in [3.8, 4) is 5.75 Å². The van der Waals surface area contributed by atoms with Crippen molar-refractivity contribution in [2.45, 2.75) is 45.6 Å². The van der Waals surface area contributed by atoms with Crippen LogP contribution in [0.4, 0.5) is 5.69 Å². The first-order chi connectivity index (χ1) is 12.6. The summed E-state index contributed by atoms with van der Waals surface area (Å²) in [5, 5.41) is 0. The van der Waals surface area contributed by atoms with Crippen LogP contribution in [0.3, 0.4) is 0 Å². The molecule has 4 nitrogen and oxygen atoms in total. The zero-order valence-electron chi connectivity index (χ0n) is 15.4. The molecule has 1 unspecified atom stereocenters. The van der Waals surface area contributed by atoms with Crippen molar-refractivity contribution in [3.05, 3.63) is 59.7 Å². The lowest BCUT2D eigenvalue weighted by Crippen LogP contribution is -2.42. The molecule has 1 heterocycles. The Labute approximate surface area is 154 Å². The van der Waals surface area contributed by atoms with Crippen LogP contribution >= 0.6 is 0 Å². The molecule has 0 spiro atoms. The summed E-state index contributed by atoms with van der Waals surface area (Å²) in [6, 6.07) is 15.5. The molecule has 0 aromatic heterocycles. The van der Waals surface area contributed by atoms with Crippen LogP contribution in [0.25, 0.3) is 0 Å². The maximum Gasteiger partial charge on any atom is 0.227 e. The summed E-state index contributed by atoms with van der Waals surface area (Å²) in [7, 11) is 0. The van der Waals surface area contributed by atoms with Crippen LogP contribution in [0, 0.1) is 0 Å². The van der Waals surface area contributed by atoms with Gasteiger partial charge in [-0.1, -0.05) is 18.2 Å². The van der Waals surface area contributed by atoms with E-state index in [9.17, 15) is 9.59 Å². The molecule has 1 aliphatic rings. The van der Waals surface area contributed by atoms with Crippen molar-refractivity contribution in [2.24, 2.45) is 0 Å². The van der Waals surface area contributed by atoms with Crippen molar-refractivity contribution in [2.75, 3.05) is 11.5 Å². The fraction of sp³-hybridized carbons (Fsp3) is 0.364. The minimum absolute atomic E-state index is 0.0399. The van der Waals surface area contributed by atoms with Gasteiger partial charge in [0.25, 0.3) is 0 Å². The Morgan fingerprint density at radius 2 is 1.85 bits per heavy atom. The molecule has 2 aromatic carbocycles. The molecule has 0 aliphatic carbocycles. The molecule has 0 saturated carbocycles. The maximum atomic E-state index is 12.7. The van der Waals surface area contributed by atoms with Gasteiger partial charge in [0.15, 0.2) is 5.78 Å². The van der Waals surface area contributed by atoms with E-state index in [1.54, 1.807) is 31.2 Å². The third kappa shape index (κ3) is 4.13. The zero-order chi connectivity index (χ0) is 18.5. The molecule has 1 amide bonds. The number of hydrogen-bond donors (Lipinski definition) is 0. The smallest absolute Gasteiger partial charge is 0.227 e. The van der Waals surface area contributed by atoms with E-state index in [0.717, 1.165) is 24.3 Å². The highest BCUT2D eigenvalue weighted by atomic mass is 16.5. The minimum Gasteiger partial charge on any atom is -0.494 e. The topological polar surface area (TPSA) is 46.6 Å². The van der Waals surface area contributed by atoms with E-state index in [-0.39, 0.29) is 17.7 Å². The molecule has 0 radical (unpaired) electrons. The lowest BCUT2D eigenvalue weighted by molar-refractivity contribution is -0.119. The Hall–Kier alpha value is -2.62. The Bertz CT molecular complexity index is 782. The van der Waals surface area contributed by atoms with Crippen molar-refractivity contribution in [1.29, 1.82) is 0 Å². The summed E-state index contributed by atoms with van der Waals surface area (Å²) in [6.07, 6.45) is 3.16. The van der Waals surface area contributed by atoms with Gasteiger partial charge in [-0.15, -0.1) is 0 Å². The number of carbonyl (C=O) groups is 2. The largest absolute Gasteiger partial charge is 0.494 e. The number of para-hydroxylation sites is 1. The summed E-state index contributed by atoms with van der Waals surface area (Å²) in [5.41, 5.74) is 2.98. The average Bonchev–Trinajstić information content (AvgIpc) is 2.65. The number of rotatable bonds is 6. The van der Waals surface area contributed by atoms with Crippen LogP contribution in [-0.2, 0) is 11.2 Å². The number of hydrogen-bond acceptors (Lipinski definition) is 3. The molecule has 1 atom stereocenters. The molecular formula is C22H25NO3. The Balaban J connectivity index is 1.52. The van der Waals surface area contributed by atoms with Crippen LogP contribution in [0.2, 0.25) is 0 Å². The number of carbonyl (C=O) groups excluding carboxylic acids is 2. The Kier molecular flexibility index (Phi) is 5.71. The standard InChI is InChI=1S/C22H25NO3/c1-16-9-10-19-6-3-4-7-21(19)23(16)22(25)8-5-15-26-20-13-11-18(12-14-20)17(2)24/h3-4,6-7,11-14,16H,5,8-10,15H2,1-2H3. The highest BCUT2D eigenvalue weighted by Crippen LogP contribution is 2.31. The van der Waals surface area contributed by atoms with E-state index in [1.165, 1.54) is 5.56 Å². The monoisotopic (exact) mass is 351 g/mol. The molecular weight excluding hydrogens is 326 g/mol. The fourth-order valence-electron chi connectivity index (χ4n) is 3.39. The van der Waals surface area contributed by atoms with Gasteiger partial charge in [-0.2, -0.15) is 0 Å². The van der Waals surface area contributed by atoms with Gasteiger partial charge in [0.05, 0.1) is 6.61 Å². The highest BCUT2D eigenvalue weighted by Gasteiger charge is 2.27. The molecule has 0 N–H and O–H groups in total. The van der Waals surface area contributed by atoms with Gasteiger partial charge in [-0.25, -0.2) is 0 Å². The first-order valence-corrected chi connectivity index (χ1v) is 9.20. The summed E-state index contributed by atoms with van der Waals surface area (Å²) in [5.74, 6) is 0.914. The quantitative estimate of drug-likeness (QED) is 0.572. The van der Waals surface area contributed by atoms with E-state index in [4.69, 9.17) is 4.74 Å². The second-order valence-corrected chi connectivity index (χ2v) is 6.81. The van der Waals surface area contributed by atoms with Crippen molar-refractivity contribution in [3.63, 3.8) is 0 Å². The number of Topliss-reactive ketones (excluding diaryl/α,β-unsaturated/α-hetero) is 1. The molecule has 3 rings (SSSR count). The number of nitrogens with zero attached hydrogens (tertiary/aromatic N) is 1.